The van der Waals surface area contributed by atoms with Crippen LogP contribution < -0.4 is 5.69 Å². The third-order valence-electron chi connectivity index (χ3n) is 6.38. The van der Waals surface area contributed by atoms with Crippen molar-refractivity contribution in [3.05, 3.63) is 101 Å². The second-order valence-electron chi connectivity index (χ2n) is 9.07. The van der Waals surface area contributed by atoms with Crippen molar-refractivity contribution in [3.8, 4) is 28.2 Å². The van der Waals surface area contributed by atoms with Crippen molar-refractivity contribution in [3.63, 3.8) is 0 Å². The molecule has 5 aromatic rings. The summed E-state index contributed by atoms with van der Waals surface area (Å²) in [5.74, 6) is -0.910. The fourth-order valence-corrected chi connectivity index (χ4v) is 4.12. The van der Waals surface area contributed by atoms with Gasteiger partial charge in [-0.05, 0) is 61.4 Å². The number of carboxylic acids is 1. The number of aromatic nitrogens is 4. The van der Waals surface area contributed by atoms with E-state index >= 15 is 0 Å². The second-order valence-corrected chi connectivity index (χ2v) is 9.07. The third kappa shape index (κ3) is 3.91. The molecule has 1 N–H and O–H groups in total. The van der Waals surface area contributed by atoms with E-state index < -0.39 is 11.4 Å². The molecule has 5 rings (SSSR count). The number of aliphatic carboxylic acids is 1. The normalized spacial score (nSPS) is 11.6. The first-order chi connectivity index (χ1) is 16.8. The summed E-state index contributed by atoms with van der Waals surface area (Å²) in [6.07, 6.45) is 5.31. The summed E-state index contributed by atoms with van der Waals surface area (Å²) in [6.45, 7) is 3.31. The van der Waals surface area contributed by atoms with E-state index in [4.69, 9.17) is 0 Å². The molecule has 0 amide bonds. The highest BCUT2D eigenvalue weighted by molar-refractivity contribution is 5.84. The van der Waals surface area contributed by atoms with Gasteiger partial charge in [-0.3, -0.25) is 19.3 Å². The number of hydrogen-bond acceptors (Lipinski definition) is 4. The Labute approximate surface area is 202 Å². The van der Waals surface area contributed by atoms with Gasteiger partial charge >= 0.3 is 11.7 Å². The van der Waals surface area contributed by atoms with Gasteiger partial charge in [0.25, 0.3) is 0 Å². The molecule has 0 saturated carbocycles. The van der Waals surface area contributed by atoms with E-state index in [0.29, 0.717) is 22.6 Å². The van der Waals surface area contributed by atoms with Gasteiger partial charge in [0.1, 0.15) is 0 Å². The summed E-state index contributed by atoms with van der Waals surface area (Å²) in [6, 6.07) is 20.9. The van der Waals surface area contributed by atoms with Crippen LogP contribution in [0.4, 0.5) is 0 Å². The van der Waals surface area contributed by atoms with Crippen LogP contribution in [0.25, 0.3) is 39.1 Å². The average molecular weight is 465 g/mol. The molecule has 0 fully saturated rings. The molecule has 0 atom stereocenters. The van der Waals surface area contributed by atoms with Crippen molar-refractivity contribution in [1.82, 2.24) is 19.1 Å². The van der Waals surface area contributed by atoms with Gasteiger partial charge in [0.05, 0.1) is 28.0 Å². The molecule has 174 valence electrons. The largest absolute Gasteiger partial charge is 0.481 e. The summed E-state index contributed by atoms with van der Waals surface area (Å²) < 4.78 is 3.10. The quantitative estimate of drug-likeness (QED) is 0.403. The lowest BCUT2D eigenvalue weighted by Crippen LogP contribution is -2.28. The molecule has 0 aliphatic carbocycles. The van der Waals surface area contributed by atoms with Gasteiger partial charge < -0.3 is 9.67 Å². The van der Waals surface area contributed by atoms with Crippen LogP contribution in [-0.2, 0) is 17.3 Å². The molecule has 0 aliphatic rings. The fraction of sp³-hybridized carbons (Fsp3) is 0.143. The molecule has 7 nitrogen and oxygen atoms in total. The number of rotatable bonds is 5. The van der Waals surface area contributed by atoms with Crippen molar-refractivity contribution < 1.29 is 9.90 Å². The average Bonchev–Trinajstić information content (AvgIpc) is 3.17. The first-order valence-electron chi connectivity index (χ1n) is 11.2. The number of aryl methyl sites for hydroxylation is 1. The van der Waals surface area contributed by atoms with Crippen molar-refractivity contribution in [2.24, 2.45) is 7.05 Å². The Morgan fingerprint density at radius 2 is 1.69 bits per heavy atom. The molecule has 0 radical (unpaired) electrons. The standard InChI is InChI=1S/C28H24N4O3/c1-28(2,26(33)34)21-8-10-22(11-9-21)32-25(17-31(3)27(32)35)24-15-18(12-13-29-24)20-14-19-6-4-5-7-23(19)30-16-20/h4-17H,1-3H3,(H,33,34). The Balaban J connectivity index is 1.59. The first kappa shape index (κ1) is 22.3. The van der Waals surface area contributed by atoms with Crippen LogP contribution in [0.5, 0.6) is 0 Å². The third-order valence-corrected chi connectivity index (χ3v) is 6.38. The van der Waals surface area contributed by atoms with Gasteiger partial charge in [-0.2, -0.15) is 0 Å². The number of imidazole rings is 1. The van der Waals surface area contributed by atoms with E-state index in [9.17, 15) is 14.7 Å². The molecule has 0 bridgehead atoms. The maximum absolute atomic E-state index is 13.0. The Morgan fingerprint density at radius 3 is 2.43 bits per heavy atom. The molecular weight excluding hydrogens is 440 g/mol. The summed E-state index contributed by atoms with van der Waals surface area (Å²) in [5.41, 5.74) is 4.14. The number of para-hydroxylation sites is 1. The van der Waals surface area contributed by atoms with E-state index in [0.717, 1.165) is 22.0 Å². The van der Waals surface area contributed by atoms with E-state index in [-0.39, 0.29) is 5.69 Å². The zero-order valence-electron chi connectivity index (χ0n) is 19.6. The first-order valence-corrected chi connectivity index (χ1v) is 11.2. The highest BCUT2D eigenvalue weighted by atomic mass is 16.4. The number of pyridine rings is 2. The number of fused-ring (bicyclic) bond motifs is 1. The molecular formula is C28H24N4O3. The Hall–Kier alpha value is -4.52. The molecule has 7 heteroatoms. The zero-order chi connectivity index (χ0) is 24.7. The molecule has 0 unspecified atom stereocenters. The van der Waals surface area contributed by atoms with Gasteiger partial charge in [0, 0.05) is 36.6 Å². The number of hydrogen-bond donors (Lipinski definition) is 1. The molecule has 2 aromatic carbocycles. The van der Waals surface area contributed by atoms with E-state index in [2.05, 4.69) is 16.0 Å². The lowest BCUT2D eigenvalue weighted by Gasteiger charge is -2.20. The van der Waals surface area contributed by atoms with Gasteiger partial charge in [-0.1, -0.05) is 30.3 Å². The minimum absolute atomic E-state index is 0.218. The highest BCUT2D eigenvalue weighted by Gasteiger charge is 2.29. The maximum Gasteiger partial charge on any atom is 0.333 e. The summed E-state index contributed by atoms with van der Waals surface area (Å²) in [5, 5.41) is 10.6. The van der Waals surface area contributed by atoms with Crippen LogP contribution in [0.2, 0.25) is 0 Å². The molecule has 0 saturated heterocycles. The molecule has 3 aromatic heterocycles. The predicted molar refractivity (Wildman–Crippen MR) is 136 cm³/mol. The second kappa shape index (κ2) is 8.36. The van der Waals surface area contributed by atoms with Crippen LogP contribution in [0.15, 0.2) is 90.1 Å². The molecule has 35 heavy (non-hydrogen) atoms. The number of carbonyl (C=O) groups is 1. The minimum atomic E-state index is -1.03. The molecule has 0 spiro atoms. The van der Waals surface area contributed by atoms with Crippen molar-refractivity contribution in [2.75, 3.05) is 0 Å². The monoisotopic (exact) mass is 464 g/mol. The maximum atomic E-state index is 13.0. The predicted octanol–water partition coefficient (Wildman–Crippen LogP) is 4.82. The van der Waals surface area contributed by atoms with E-state index in [1.54, 1.807) is 62.1 Å². The molecule has 0 aliphatic heterocycles. The van der Waals surface area contributed by atoms with Crippen LogP contribution in [0.3, 0.4) is 0 Å². The van der Waals surface area contributed by atoms with E-state index in [1.165, 1.54) is 4.57 Å². The summed E-state index contributed by atoms with van der Waals surface area (Å²) in [4.78, 5) is 33.8. The smallest absolute Gasteiger partial charge is 0.333 e. The number of benzene rings is 2. The highest BCUT2D eigenvalue weighted by Crippen LogP contribution is 2.28. The number of carboxylic acid groups (broad SMARTS) is 1. The lowest BCUT2D eigenvalue weighted by molar-refractivity contribution is -0.142. The van der Waals surface area contributed by atoms with Crippen LogP contribution in [-0.4, -0.2) is 30.2 Å². The van der Waals surface area contributed by atoms with Crippen molar-refractivity contribution in [2.45, 2.75) is 19.3 Å². The SMILES string of the molecule is Cn1cc(-c2cc(-c3cnc4ccccc4c3)ccn2)n(-c2ccc(C(C)(C)C(=O)O)cc2)c1=O. The Kier molecular flexibility index (Phi) is 5.32. The van der Waals surface area contributed by atoms with Gasteiger partial charge in [0.2, 0.25) is 0 Å². The lowest BCUT2D eigenvalue weighted by atomic mass is 9.85. The molecule has 3 heterocycles. The van der Waals surface area contributed by atoms with Crippen LogP contribution in [0, 0.1) is 0 Å². The van der Waals surface area contributed by atoms with Crippen molar-refractivity contribution >= 4 is 16.9 Å². The van der Waals surface area contributed by atoms with Gasteiger partial charge in [-0.15, -0.1) is 0 Å². The van der Waals surface area contributed by atoms with Gasteiger partial charge in [0.15, 0.2) is 0 Å². The topological polar surface area (TPSA) is 90.0 Å². The van der Waals surface area contributed by atoms with Crippen LogP contribution in [0.1, 0.15) is 19.4 Å². The van der Waals surface area contributed by atoms with Crippen molar-refractivity contribution in [1.29, 1.82) is 0 Å². The van der Waals surface area contributed by atoms with Gasteiger partial charge in [-0.25, -0.2) is 4.79 Å². The zero-order valence-corrected chi connectivity index (χ0v) is 19.6. The Morgan fingerprint density at radius 1 is 0.943 bits per heavy atom. The minimum Gasteiger partial charge on any atom is -0.481 e. The number of nitrogens with zero attached hydrogens (tertiary/aromatic N) is 4. The summed E-state index contributed by atoms with van der Waals surface area (Å²) >= 11 is 0. The Bertz CT molecular complexity index is 1630. The van der Waals surface area contributed by atoms with E-state index in [1.807, 2.05) is 42.6 Å². The summed E-state index contributed by atoms with van der Waals surface area (Å²) in [7, 11) is 1.70. The van der Waals surface area contributed by atoms with Crippen LogP contribution >= 0.6 is 0 Å². The fourth-order valence-electron chi connectivity index (χ4n) is 4.12.